The lowest BCUT2D eigenvalue weighted by Gasteiger charge is -2.31. The number of nitrogen functional groups attached to an aromatic ring is 1. The third kappa shape index (κ3) is 4.24. The van der Waals surface area contributed by atoms with Crippen molar-refractivity contribution in [1.29, 1.82) is 5.26 Å². The molecule has 1 saturated heterocycles. The van der Waals surface area contributed by atoms with Crippen molar-refractivity contribution in [1.82, 2.24) is 24.5 Å². The van der Waals surface area contributed by atoms with Crippen molar-refractivity contribution in [3.8, 4) is 17.2 Å². The van der Waals surface area contributed by atoms with Gasteiger partial charge in [-0.1, -0.05) is 42.5 Å². The van der Waals surface area contributed by atoms with Gasteiger partial charge in [-0.15, -0.1) is 11.3 Å². The van der Waals surface area contributed by atoms with Gasteiger partial charge in [0.05, 0.1) is 29.2 Å². The molecule has 12 nitrogen and oxygen atoms in total. The van der Waals surface area contributed by atoms with Gasteiger partial charge in [0, 0.05) is 11.8 Å². The first-order valence-corrected chi connectivity index (χ1v) is 14.5. The first-order valence-electron chi connectivity index (χ1n) is 13.2. The molecule has 0 spiro atoms. The standard InChI is InChI=1S/C29H21ClFN7O5S/c30-27-36-23(33)19-24(37-27)38(12-34-19)25-20(31)29(41)21(42-25)22(29)43-28(26(39)40,18-11-44-13-35-18)9-14-5-7-15(8-6-14)17-4-2-1-3-16(17)10-32/h1-8,11-13,20-22,25,41H,9H2,(H,39,40)(H2,33,36,37)/t20-,21-,22?,25-,28?,29+/m1/s1. The molecule has 0 amide bonds. The van der Waals surface area contributed by atoms with Crippen LogP contribution in [0.4, 0.5) is 10.2 Å². The Balaban J connectivity index is 1.18. The van der Waals surface area contributed by atoms with E-state index in [0.29, 0.717) is 11.1 Å². The highest BCUT2D eigenvalue weighted by Gasteiger charge is 2.80. The van der Waals surface area contributed by atoms with Crippen LogP contribution in [0, 0.1) is 11.3 Å². The zero-order valence-electron chi connectivity index (χ0n) is 22.4. The Hall–Kier alpha value is -4.52. The van der Waals surface area contributed by atoms with Crippen molar-refractivity contribution in [2.45, 2.75) is 42.2 Å². The van der Waals surface area contributed by atoms with Gasteiger partial charge in [0.1, 0.15) is 17.7 Å². The van der Waals surface area contributed by atoms with E-state index in [4.69, 9.17) is 26.8 Å². The Kier molecular flexibility index (Phi) is 6.61. The molecule has 6 atom stereocenters. The predicted molar refractivity (Wildman–Crippen MR) is 155 cm³/mol. The van der Waals surface area contributed by atoms with Crippen LogP contribution < -0.4 is 5.73 Å². The van der Waals surface area contributed by atoms with Crippen LogP contribution in [0.5, 0.6) is 0 Å². The number of hydrogen-bond donors (Lipinski definition) is 3. The number of benzene rings is 2. The van der Waals surface area contributed by atoms with Crippen molar-refractivity contribution in [2.24, 2.45) is 0 Å². The third-order valence-electron chi connectivity index (χ3n) is 8.04. The van der Waals surface area contributed by atoms with Gasteiger partial charge in [-0.05, 0) is 34.4 Å². The minimum atomic E-state index is -2.16. The fourth-order valence-corrected chi connectivity index (χ4v) is 6.50. The number of carboxylic acid groups (broad SMARTS) is 1. The third-order valence-corrected chi connectivity index (χ3v) is 8.79. The number of nitrogens with two attached hydrogens (primary N) is 1. The lowest BCUT2D eigenvalue weighted by molar-refractivity contribution is -0.183. The first kappa shape index (κ1) is 28.3. The lowest BCUT2D eigenvalue weighted by atomic mass is 9.90. The molecule has 1 saturated carbocycles. The molecule has 3 aromatic heterocycles. The van der Waals surface area contributed by atoms with Gasteiger partial charge in [0.2, 0.25) is 10.9 Å². The van der Waals surface area contributed by atoms with Crippen LogP contribution >= 0.6 is 22.9 Å². The van der Waals surface area contributed by atoms with Crippen LogP contribution in [0.25, 0.3) is 22.3 Å². The number of halogens is 2. The van der Waals surface area contributed by atoms with Crippen molar-refractivity contribution < 1.29 is 28.9 Å². The molecule has 4 heterocycles. The predicted octanol–water partition coefficient (Wildman–Crippen LogP) is 3.65. The van der Waals surface area contributed by atoms with E-state index >= 15 is 4.39 Å². The van der Waals surface area contributed by atoms with E-state index in [9.17, 15) is 20.3 Å². The van der Waals surface area contributed by atoms with Gasteiger partial charge in [-0.25, -0.2) is 19.2 Å². The molecule has 1 aliphatic carbocycles. The van der Waals surface area contributed by atoms with Crippen LogP contribution in [0.1, 0.15) is 23.0 Å². The highest BCUT2D eigenvalue weighted by molar-refractivity contribution is 7.07. The molecule has 2 aromatic carbocycles. The minimum absolute atomic E-state index is 0.00551. The Morgan fingerprint density at radius 1 is 1.25 bits per heavy atom. The van der Waals surface area contributed by atoms with E-state index in [2.05, 4.69) is 26.0 Å². The monoisotopic (exact) mass is 633 g/mol. The van der Waals surface area contributed by atoms with E-state index in [1.165, 1.54) is 33.1 Å². The average Bonchev–Trinajstić information content (AvgIpc) is 3.52. The molecule has 15 heteroatoms. The Labute approximate surface area is 257 Å². The zero-order valence-corrected chi connectivity index (χ0v) is 24.0. The summed E-state index contributed by atoms with van der Waals surface area (Å²) in [4.78, 5) is 29.2. The second-order valence-electron chi connectivity index (χ2n) is 10.5. The maximum Gasteiger partial charge on any atom is 0.342 e. The summed E-state index contributed by atoms with van der Waals surface area (Å²) in [7, 11) is 0. The summed E-state index contributed by atoms with van der Waals surface area (Å²) in [5, 5.41) is 32.8. The number of carbonyl (C=O) groups is 1. The van der Waals surface area contributed by atoms with Gasteiger partial charge in [0.15, 0.2) is 29.5 Å². The number of alkyl halides is 1. The van der Waals surface area contributed by atoms with Crippen molar-refractivity contribution in [3.05, 3.63) is 87.9 Å². The lowest BCUT2D eigenvalue weighted by Crippen LogP contribution is -2.45. The summed E-state index contributed by atoms with van der Waals surface area (Å²) in [6.45, 7) is 0. The molecule has 222 valence electrons. The summed E-state index contributed by atoms with van der Waals surface area (Å²) in [6, 6.07) is 16.3. The molecule has 0 bridgehead atoms. The number of carboxylic acids is 1. The topological polar surface area (TPSA) is 182 Å². The number of thiazole rings is 1. The Morgan fingerprint density at radius 2 is 2.02 bits per heavy atom. The van der Waals surface area contributed by atoms with Gasteiger partial charge in [0.25, 0.3) is 0 Å². The number of anilines is 1. The van der Waals surface area contributed by atoms with E-state index < -0.39 is 41.8 Å². The minimum Gasteiger partial charge on any atom is -0.479 e. The van der Waals surface area contributed by atoms with E-state index in [1.807, 2.05) is 12.1 Å². The fourth-order valence-electron chi connectivity index (χ4n) is 5.71. The van der Waals surface area contributed by atoms with Crippen LogP contribution in [0.15, 0.2) is 65.7 Å². The zero-order chi connectivity index (χ0) is 30.8. The number of hydrogen-bond acceptors (Lipinski definition) is 11. The summed E-state index contributed by atoms with van der Waals surface area (Å²) in [5.74, 6) is -1.38. The number of fused-ring (bicyclic) bond motifs is 2. The number of imidazole rings is 1. The van der Waals surface area contributed by atoms with Gasteiger partial charge >= 0.3 is 5.97 Å². The smallest absolute Gasteiger partial charge is 0.342 e. The highest BCUT2D eigenvalue weighted by Crippen LogP contribution is 2.58. The van der Waals surface area contributed by atoms with Crippen molar-refractivity contribution >= 4 is 45.9 Å². The molecule has 2 fully saturated rings. The number of aromatic nitrogens is 5. The molecule has 2 aliphatic rings. The molecular formula is C29H21ClFN7O5S. The van der Waals surface area contributed by atoms with Crippen LogP contribution in [-0.4, -0.2) is 64.7 Å². The summed E-state index contributed by atoms with van der Waals surface area (Å²) in [5.41, 5.74) is 6.05. The number of ether oxygens (including phenoxy) is 2. The number of nitrogens with zero attached hydrogens (tertiary/aromatic N) is 6. The molecule has 2 unspecified atom stereocenters. The molecule has 0 radical (unpaired) electrons. The molecule has 5 aromatic rings. The molecule has 1 aliphatic heterocycles. The Bertz CT molecular complexity index is 1950. The second-order valence-corrected chi connectivity index (χ2v) is 11.6. The summed E-state index contributed by atoms with van der Waals surface area (Å²) < 4.78 is 29.2. The number of aliphatic carboxylic acids is 1. The molecular weight excluding hydrogens is 613 g/mol. The fraction of sp³-hybridized carbons (Fsp3) is 0.241. The SMILES string of the molecule is N#Cc1ccccc1-c1ccc(CC(OC2[C@H]3O[C@@H](n4cnc5c(N)nc(Cl)nc54)[C@@H](F)[C@@]23O)(C(=O)O)c2cscn2)cc1. The maximum atomic E-state index is 16.0. The van der Waals surface area contributed by atoms with Gasteiger partial charge < -0.3 is 25.4 Å². The molecule has 4 N–H and O–H groups in total. The average molecular weight is 634 g/mol. The first-order chi connectivity index (χ1) is 21.2. The highest BCUT2D eigenvalue weighted by atomic mass is 35.5. The normalized spacial score (nSPS) is 25.3. The van der Waals surface area contributed by atoms with Crippen LogP contribution in [0.2, 0.25) is 5.28 Å². The maximum absolute atomic E-state index is 16.0. The van der Waals surface area contributed by atoms with Crippen molar-refractivity contribution in [3.63, 3.8) is 0 Å². The van der Waals surface area contributed by atoms with Gasteiger partial charge in [-0.3, -0.25) is 4.57 Å². The summed E-state index contributed by atoms with van der Waals surface area (Å²) >= 11 is 7.11. The number of nitriles is 1. The van der Waals surface area contributed by atoms with Crippen LogP contribution in [0.3, 0.4) is 0 Å². The van der Waals surface area contributed by atoms with Gasteiger partial charge in [-0.2, -0.15) is 15.2 Å². The van der Waals surface area contributed by atoms with E-state index in [0.717, 1.165) is 11.1 Å². The quantitative estimate of drug-likeness (QED) is 0.212. The van der Waals surface area contributed by atoms with E-state index in [-0.39, 0.29) is 34.4 Å². The van der Waals surface area contributed by atoms with E-state index in [1.54, 1.807) is 36.4 Å². The van der Waals surface area contributed by atoms with Crippen LogP contribution in [-0.2, 0) is 26.3 Å². The summed E-state index contributed by atoms with van der Waals surface area (Å²) in [6.07, 6.45) is -4.87. The Morgan fingerprint density at radius 3 is 2.68 bits per heavy atom. The number of aliphatic hydroxyl groups is 1. The second kappa shape index (κ2) is 10.3. The molecule has 7 rings (SSSR count). The number of rotatable bonds is 8. The largest absolute Gasteiger partial charge is 0.479 e. The van der Waals surface area contributed by atoms with Crippen molar-refractivity contribution in [2.75, 3.05) is 5.73 Å². The molecule has 44 heavy (non-hydrogen) atoms.